The molecule has 4 aromatic rings. The second kappa shape index (κ2) is 12.9. The topological polar surface area (TPSA) is 149 Å². The Balaban J connectivity index is 1.52. The summed E-state index contributed by atoms with van der Waals surface area (Å²) in [6, 6.07) is 12.9. The molecule has 2 aliphatic rings. The fourth-order valence-corrected chi connectivity index (χ4v) is 8.20. The number of rotatable bonds is 10. The second-order valence-corrected chi connectivity index (χ2v) is 13.6. The van der Waals surface area contributed by atoms with Gasteiger partial charge in [-0.15, -0.1) is 0 Å². The summed E-state index contributed by atoms with van der Waals surface area (Å²) in [4.78, 5) is 68.5. The van der Waals surface area contributed by atoms with E-state index < -0.39 is 44.7 Å². The summed E-state index contributed by atoms with van der Waals surface area (Å²) in [6.07, 6.45) is 3.86. The summed E-state index contributed by atoms with van der Waals surface area (Å²) < 4.78 is 24.6. The Kier molecular flexibility index (Phi) is 8.84. The van der Waals surface area contributed by atoms with Crippen LogP contribution in [0.2, 0.25) is 0 Å². The zero-order chi connectivity index (χ0) is 33.5. The van der Waals surface area contributed by atoms with Crippen LogP contribution in [0.4, 0.5) is 11.4 Å². The minimum absolute atomic E-state index is 0.00678. The van der Waals surface area contributed by atoms with E-state index in [2.05, 4.69) is 10.6 Å². The molecule has 0 radical (unpaired) electrons. The number of benzene rings is 3. The van der Waals surface area contributed by atoms with Gasteiger partial charge in [0.1, 0.15) is 10.7 Å². The van der Waals surface area contributed by atoms with Crippen LogP contribution in [0.15, 0.2) is 57.7 Å². The number of ketones is 1. The number of fused-ring (bicyclic) bond motifs is 5. The molecule has 0 bridgehead atoms. The van der Waals surface area contributed by atoms with Crippen molar-refractivity contribution in [3.8, 4) is 0 Å². The van der Waals surface area contributed by atoms with Crippen molar-refractivity contribution in [1.82, 2.24) is 0 Å². The normalized spacial score (nSPS) is 18.1. The van der Waals surface area contributed by atoms with Crippen molar-refractivity contribution in [2.24, 2.45) is 5.41 Å². The van der Waals surface area contributed by atoms with Crippen LogP contribution in [-0.4, -0.2) is 34.4 Å². The number of amides is 2. The molecule has 2 atom stereocenters. The van der Waals surface area contributed by atoms with Crippen LogP contribution < -0.4 is 16.1 Å². The maximum atomic E-state index is 14.1. The van der Waals surface area contributed by atoms with Gasteiger partial charge >= 0.3 is 5.97 Å². The van der Waals surface area contributed by atoms with Gasteiger partial charge in [0.15, 0.2) is 16.9 Å². The van der Waals surface area contributed by atoms with E-state index in [-0.39, 0.29) is 62.6 Å². The smallest absolute Gasteiger partial charge is 0.338 e. The van der Waals surface area contributed by atoms with Crippen molar-refractivity contribution < 1.29 is 32.5 Å². The minimum atomic E-state index is -1.54. The highest BCUT2D eigenvalue weighted by Gasteiger charge is 2.49. The van der Waals surface area contributed by atoms with Gasteiger partial charge in [-0.1, -0.05) is 63.8 Å². The molecule has 1 aromatic heterocycles. The third-order valence-electron chi connectivity index (χ3n) is 9.11. The standard InChI is InChI=1S/C36H36N2O8S/c1-4-7-15-36(16-8-5-2)32(40)23-13-14-24-28(39)25-17-21(34(42)45-6-3)18-26(29(25)46-30(24)27(23)38-35(36)43)37-33(41)31-22-12-10-9-11-20(22)19-47(31)44/h9-14,17-18,31H,4-8,15-16,19H2,1-3H3,(H,37,41)(H,38,43)/t31-,47-/m1/s1. The molecular formula is C36H36N2O8S. The number of esters is 1. The molecule has 3 aromatic carbocycles. The Morgan fingerprint density at radius 1 is 0.979 bits per heavy atom. The number of carbonyl (C=O) groups excluding carboxylic acids is 4. The largest absolute Gasteiger partial charge is 0.462 e. The summed E-state index contributed by atoms with van der Waals surface area (Å²) in [5.41, 5.74) is -0.0623. The molecule has 244 valence electrons. The van der Waals surface area contributed by atoms with Gasteiger partial charge in [-0.3, -0.25) is 23.4 Å². The molecule has 0 saturated heterocycles. The second-order valence-electron chi connectivity index (χ2n) is 12.1. The van der Waals surface area contributed by atoms with Gasteiger partial charge in [0.25, 0.3) is 0 Å². The maximum absolute atomic E-state index is 14.1. The lowest BCUT2D eigenvalue weighted by atomic mass is 9.69. The average molecular weight is 657 g/mol. The van der Waals surface area contributed by atoms with E-state index >= 15 is 0 Å². The van der Waals surface area contributed by atoms with Crippen LogP contribution in [0.1, 0.15) is 96.4 Å². The highest BCUT2D eigenvalue weighted by Crippen LogP contribution is 2.44. The van der Waals surface area contributed by atoms with E-state index in [0.717, 1.165) is 18.4 Å². The number of anilines is 2. The van der Waals surface area contributed by atoms with Crippen LogP contribution in [0.3, 0.4) is 0 Å². The fourth-order valence-electron chi connectivity index (χ4n) is 6.65. The molecule has 0 saturated carbocycles. The molecule has 10 nitrogen and oxygen atoms in total. The number of unbranched alkanes of at least 4 members (excludes halogenated alkanes) is 2. The van der Waals surface area contributed by atoms with Crippen LogP contribution in [0.25, 0.3) is 21.9 Å². The first-order valence-electron chi connectivity index (χ1n) is 16.0. The molecule has 0 fully saturated rings. The van der Waals surface area contributed by atoms with Crippen molar-refractivity contribution in [3.63, 3.8) is 0 Å². The molecule has 2 N–H and O–H groups in total. The molecule has 6 rings (SSSR count). The van der Waals surface area contributed by atoms with Crippen molar-refractivity contribution >= 4 is 67.7 Å². The number of nitrogens with one attached hydrogen (secondary N) is 2. The van der Waals surface area contributed by atoms with E-state index in [9.17, 15) is 28.2 Å². The number of hydrogen-bond acceptors (Lipinski definition) is 8. The first-order valence-corrected chi connectivity index (χ1v) is 17.4. The van der Waals surface area contributed by atoms with Gasteiger partial charge in [0, 0.05) is 16.4 Å². The molecule has 0 spiro atoms. The number of Topliss-reactive ketones (excluding diaryl/α,β-unsaturated/α-hetero) is 1. The van der Waals surface area contributed by atoms with Crippen LogP contribution in [-0.2, 0) is 30.9 Å². The Morgan fingerprint density at radius 3 is 2.40 bits per heavy atom. The minimum Gasteiger partial charge on any atom is -0.462 e. The molecule has 3 heterocycles. The zero-order valence-corrected chi connectivity index (χ0v) is 27.3. The molecule has 0 aliphatic carbocycles. The van der Waals surface area contributed by atoms with Gasteiger partial charge in [-0.2, -0.15) is 0 Å². The van der Waals surface area contributed by atoms with Crippen molar-refractivity contribution in [1.29, 1.82) is 0 Å². The van der Waals surface area contributed by atoms with Crippen molar-refractivity contribution in [2.45, 2.75) is 70.3 Å². The predicted molar refractivity (Wildman–Crippen MR) is 180 cm³/mol. The summed E-state index contributed by atoms with van der Waals surface area (Å²) in [5.74, 6) is -1.83. The average Bonchev–Trinajstić information content (AvgIpc) is 3.40. The predicted octanol–water partition coefficient (Wildman–Crippen LogP) is 6.57. The van der Waals surface area contributed by atoms with E-state index in [1.54, 1.807) is 25.1 Å². The Bertz CT molecular complexity index is 2040. The van der Waals surface area contributed by atoms with Gasteiger partial charge in [0.05, 0.1) is 40.1 Å². The fraction of sp³-hybridized carbons (Fsp3) is 0.361. The van der Waals surface area contributed by atoms with E-state index in [1.165, 1.54) is 18.2 Å². The summed E-state index contributed by atoms with van der Waals surface area (Å²) in [6.45, 7) is 5.74. The molecule has 0 unspecified atom stereocenters. The third-order valence-corrected chi connectivity index (χ3v) is 10.7. The molecule has 2 amide bonds. The molecular weight excluding hydrogens is 620 g/mol. The SMILES string of the molecule is CCCCC1(CCCC)C(=O)Nc2c(ccc3c(=O)c4cc(C(=O)OCC)cc(NC(=O)[C@H]5c6ccccc6C[S@]5=O)c4oc23)C1=O. The number of hydrogen-bond donors (Lipinski definition) is 2. The Morgan fingerprint density at radius 2 is 1.70 bits per heavy atom. The Hall–Kier alpha value is -4.64. The van der Waals surface area contributed by atoms with E-state index in [0.29, 0.717) is 31.2 Å². The highest BCUT2D eigenvalue weighted by molar-refractivity contribution is 7.85. The van der Waals surface area contributed by atoms with Crippen LogP contribution >= 0.6 is 0 Å². The lowest BCUT2D eigenvalue weighted by Crippen LogP contribution is -2.47. The molecule has 47 heavy (non-hydrogen) atoms. The molecule has 11 heteroatoms. The summed E-state index contributed by atoms with van der Waals surface area (Å²) >= 11 is 0. The van der Waals surface area contributed by atoms with Crippen LogP contribution in [0, 0.1) is 5.41 Å². The van der Waals surface area contributed by atoms with E-state index in [4.69, 9.17) is 9.15 Å². The lowest BCUT2D eigenvalue weighted by molar-refractivity contribution is -0.124. The van der Waals surface area contributed by atoms with Gasteiger partial charge in [-0.05, 0) is 55.2 Å². The quantitative estimate of drug-likeness (QED) is 0.111. The van der Waals surface area contributed by atoms with Crippen molar-refractivity contribution in [3.05, 3.63) is 81.0 Å². The number of carbonyl (C=O) groups is 4. The third kappa shape index (κ3) is 5.46. The summed E-state index contributed by atoms with van der Waals surface area (Å²) in [7, 11) is -1.54. The first-order chi connectivity index (χ1) is 22.6. The van der Waals surface area contributed by atoms with Gasteiger partial charge in [-0.25, -0.2) is 4.79 Å². The zero-order valence-electron chi connectivity index (χ0n) is 26.5. The maximum Gasteiger partial charge on any atom is 0.338 e. The van der Waals surface area contributed by atoms with Gasteiger partial charge in [0.2, 0.25) is 17.2 Å². The molecule has 2 aliphatic heterocycles. The van der Waals surface area contributed by atoms with E-state index in [1.807, 2.05) is 26.0 Å². The lowest BCUT2D eigenvalue weighted by Gasteiger charge is -2.35. The monoisotopic (exact) mass is 656 g/mol. The summed E-state index contributed by atoms with van der Waals surface area (Å²) in [5, 5.41) is 4.76. The first kappa shape index (κ1) is 32.3. The van der Waals surface area contributed by atoms with Gasteiger partial charge < -0.3 is 19.8 Å². The number of ether oxygens (including phenoxy) is 1. The Labute approximate surface area is 273 Å². The van der Waals surface area contributed by atoms with Crippen LogP contribution in [0.5, 0.6) is 0 Å². The highest BCUT2D eigenvalue weighted by atomic mass is 32.2. The van der Waals surface area contributed by atoms with Crippen molar-refractivity contribution in [2.75, 3.05) is 17.2 Å².